The van der Waals surface area contributed by atoms with Crippen LogP contribution in [0.2, 0.25) is 5.02 Å². The highest BCUT2D eigenvalue weighted by Gasteiger charge is 2.25. The van der Waals surface area contributed by atoms with Crippen LogP contribution in [0.4, 0.5) is 0 Å². The van der Waals surface area contributed by atoms with E-state index in [1.54, 1.807) is 4.40 Å². The highest BCUT2D eigenvalue weighted by molar-refractivity contribution is 7.17. The molecule has 0 bridgehead atoms. The lowest BCUT2D eigenvalue weighted by atomic mass is 10.1. The van der Waals surface area contributed by atoms with Gasteiger partial charge in [0.15, 0.2) is 10.7 Å². The number of nitrogens with zero attached hydrogens (tertiary/aromatic N) is 2. The Labute approximate surface area is 159 Å². The molecule has 0 saturated carbocycles. The van der Waals surface area contributed by atoms with Crippen LogP contribution in [-0.2, 0) is 6.42 Å². The van der Waals surface area contributed by atoms with Crippen LogP contribution in [0, 0.1) is 0 Å². The van der Waals surface area contributed by atoms with Gasteiger partial charge in [-0.25, -0.2) is 9.78 Å². The second-order valence-corrected chi connectivity index (χ2v) is 7.33. The molecule has 26 heavy (non-hydrogen) atoms. The number of halogens is 1. The first-order valence-electron chi connectivity index (χ1n) is 8.19. The van der Waals surface area contributed by atoms with E-state index >= 15 is 0 Å². The molecule has 2 aromatic heterocycles. The van der Waals surface area contributed by atoms with Gasteiger partial charge in [0.25, 0.3) is 0 Å². The Balaban J connectivity index is 2.06. The summed E-state index contributed by atoms with van der Waals surface area (Å²) in [6.45, 7) is 2.06. The number of fused-ring (bicyclic) bond motifs is 1. The first-order chi connectivity index (χ1) is 12.6. The minimum atomic E-state index is -0.994. The summed E-state index contributed by atoms with van der Waals surface area (Å²) in [7, 11) is 0. The molecular weight excluding hydrogens is 368 g/mol. The van der Waals surface area contributed by atoms with Crippen molar-refractivity contribution in [3.05, 3.63) is 70.2 Å². The first-order valence-corrected chi connectivity index (χ1v) is 9.38. The molecule has 130 valence electrons. The monoisotopic (exact) mass is 382 g/mol. The third kappa shape index (κ3) is 2.69. The molecule has 1 N–H and O–H groups in total. The summed E-state index contributed by atoms with van der Waals surface area (Å²) in [5.74, 6) is -0.994. The van der Waals surface area contributed by atoms with Crippen molar-refractivity contribution in [2.45, 2.75) is 13.3 Å². The molecule has 4 nitrogen and oxygen atoms in total. The lowest BCUT2D eigenvalue weighted by Gasteiger charge is -2.07. The van der Waals surface area contributed by atoms with E-state index in [0.717, 1.165) is 28.1 Å². The second-order valence-electron chi connectivity index (χ2n) is 5.83. The van der Waals surface area contributed by atoms with Gasteiger partial charge >= 0.3 is 5.97 Å². The number of thiazole rings is 1. The summed E-state index contributed by atoms with van der Waals surface area (Å²) < 4.78 is 1.76. The molecule has 0 spiro atoms. The van der Waals surface area contributed by atoms with Crippen molar-refractivity contribution in [2.75, 3.05) is 0 Å². The zero-order valence-corrected chi connectivity index (χ0v) is 15.5. The maximum Gasteiger partial charge on any atom is 0.355 e. The normalized spacial score (nSPS) is 11.2. The predicted octanol–water partition coefficient (Wildman–Crippen LogP) is 5.64. The van der Waals surface area contributed by atoms with E-state index in [9.17, 15) is 9.90 Å². The van der Waals surface area contributed by atoms with Crippen LogP contribution in [0.25, 0.3) is 27.5 Å². The van der Waals surface area contributed by atoms with Crippen LogP contribution in [0.3, 0.4) is 0 Å². The van der Waals surface area contributed by atoms with Gasteiger partial charge in [-0.3, -0.25) is 4.40 Å². The summed E-state index contributed by atoms with van der Waals surface area (Å²) in [4.78, 5) is 18.6. The van der Waals surface area contributed by atoms with Crippen LogP contribution in [0.15, 0.2) is 54.6 Å². The van der Waals surface area contributed by atoms with Crippen molar-refractivity contribution in [2.24, 2.45) is 0 Å². The lowest BCUT2D eigenvalue weighted by molar-refractivity contribution is 0.0690. The lowest BCUT2D eigenvalue weighted by Crippen LogP contribution is -2.05. The minimum Gasteiger partial charge on any atom is -0.476 e. The Morgan fingerprint density at radius 3 is 2.42 bits per heavy atom. The Morgan fingerprint density at radius 2 is 1.81 bits per heavy atom. The van der Waals surface area contributed by atoms with Gasteiger partial charge in [-0.1, -0.05) is 61.0 Å². The van der Waals surface area contributed by atoms with Gasteiger partial charge in [-0.2, -0.15) is 0 Å². The van der Waals surface area contributed by atoms with Gasteiger partial charge in [-0.15, -0.1) is 11.3 Å². The molecule has 4 aromatic rings. The number of imidazole rings is 1. The molecular formula is C20H15ClN2O2S. The molecule has 0 radical (unpaired) electrons. The van der Waals surface area contributed by atoms with Gasteiger partial charge in [0.2, 0.25) is 0 Å². The highest BCUT2D eigenvalue weighted by Crippen LogP contribution is 2.37. The van der Waals surface area contributed by atoms with E-state index < -0.39 is 5.97 Å². The standard InChI is InChI=1S/C20H15ClN2O2S/c1-2-15-17(13-8-10-14(21)11-9-13)23-18(19(24)25)16(22-20(23)26-15)12-6-4-3-5-7-12/h3-11H,2H2,1H3,(H,24,25). The maximum absolute atomic E-state index is 12.1. The van der Waals surface area contributed by atoms with Crippen LogP contribution >= 0.6 is 22.9 Å². The SMILES string of the molecule is CCc1sc2nc(-c3ccccc3)c(C(=O)O)n2c1-c1ccc(Cl)cc1. The van der Waals surface area contributed by atoms with E-state index in [1.165, 1.54) is 11.3 Å². The molecule has 0 aliphatic heterocycles. The van der Waals surface area contributed by atoms with Gasteiger partial charge in [0.1, 0.15) is 5.69 Å². The van der Waals surface area contributed by atoms with Crippen molar-refractivity contribution in [3.63, 3.8) is 0 Å². The number of hydrogen-bond donors (Lipinski definition) is 1. The van der Waals surface area contributed by atoms with Crippen molar-refractivity contribution in [3.8, 4) is 22.5 Å². The summed E-state index contributed by atoms with van der Waals surface area (Å²) in [6.07, 6.45) is 0.797. The van der Waals surface area contributed by atoms with E-state index in [4.69, 9.17) is 11.6 Å². The average molecular weight is 383 g/mol. The Morgan fingerprint density at radius 1 is 1.12 bits per heavy atom. The second kappa shape index (κ2) is 6.59. The summed E-state index contributed by atoms with van der Waals surface area (Å²) in [6, 6.07) is 16.9. The molecule has 0 amide bonds. The van der Waals surface area contributed by atoms with Crippen LogP contribution in [0.1, 0.15) is 22.3 Å². The number of carboxylic acid groups (broad SMARTS) is 1. The van der Waals surface area contributed by atoms with Crippen molar-refractivity contribution < 1.29 is 9.90 Å². The Kier molecular flexibility index (Phi) is 4.26. The van der Waals surface area contributed by atoms with Crippen LogP contribution < -0.4 is 0 Å². The maximum atomic E-state index is 12.1. The number of carbonyl (C=O) groups is 1. The number of hydrogen-bond acceptors (Lipinski definition) is 3. The molecule has 0 aliphatic carbocycles. The number of aryl methyl sites for hydroxylation is 1. The molecule has 0 fully saturated rings. The van der Waals surface area contributed by atoms with Crippen LogP contribution in [0.5, 0.6) is 0 Å². The van der Waals surface area contributed by atoms with Crippen molar-refractivity contribution >= 4 is 33.9 Å². The zero-order chi connectivity index (χ0) is 18.3. The Hall–Kier alpha value is -2.63. The number of aromatic carboxylic acids is 1. The third-order valence-electron chi connectivity index (χ3n) is 4.24. The number of rotatable bonds is 4. The summed E-state index contributed by atoms with van der Waals surface area (Å²) in [5, 5.41) is 10.6. The number of aromatic nitrogens is 2. The minimum absolute atomic E-state index is 0.187. The Bertz CT molecular complexity index is 1100. The van der Waals surface area contributed by atoms with Crippen molar-refractivity contribution in [1.29, 1.82) is 0 Å². The van der Waals surface area contributed by atoms with Gasteiger partial charge in [0, 0.05) is 15.5 Å². The molecule has 2 heterocycles. The smallest absolute Gasteiger partial charge is 0.355 e. The van der Waals surface area contributed by atoms with Crippen LogP contribution in [-0.4, -0.2) is 20.5 Å². The van der Waals surface area contributed by atoms with Crippen molar-refractivity contribution in [1.82, 2.24) is 9.38 Å². The average Bonchev–Trinajstić information content (AvgIpc) is 3.18. The predicted molar refractivity (Wildman–Crippen MR) is 105 cm³/mol. The highest BCUT2D eigenvalue weighted by atomic mass is 35.5. The van der Waals surface area contributed by atoms with Gasteiger partial charge in [-0.05, 0) is 24.1 Å². The van der Waals surface area contributed by atoms with E-state index in [1.807, 2.05) is 54.6 Å². The summed E-state index contributed by atoms with van der Waals surface area (Å²) >= 11 is 7.55. The van der Waals surface area contributed by atoms with Gasteiger partial charge < -0.3 is 5.11 Å². The number of carboxylic acids is 1. The third-order valence-corrected chi connectivity index (χ3v) is 5.67. The first kappa shape index (κ1) is 16.8. The summed E-state index contributed by atoms with van der Waals surface area (Å²) in [5.41, 5.74) is 3.27. The molecule has 0 aliphatic rings. The van der Waals surface area contributed by atoms with Gasteiger partial charge in [0.05, 0.1) is 5.69 Å². The molecule has 0 unspecified atom stereocenters. The van der Waals surface area contributed by atoms with E-state index in [2.05, 4.69) is 11.9 Å². The quantitative estimate of drug-likeness (QED) is 0.496. The number of benzene rings is 2. The molecule has 0 saturated heterocycles. The fraction of sp³-hybridized carbons (Fsp3) is 0.100. The fourth-order valence-electron chi connectivity index (χ4n) is 3.09. The largest absolute Gasteiger partial charge is 0.476 e. The fourth-order valence-corrected chi connectivity index (χ4v) is 4.30. The van der Waals surface area contributed by atoms with E-state index in [0.29, 0.717) is 15.7 Å². The topological polar surface area (TPSA) is 54.6 Å². The van der Waals surface area contributed by atoms with E-state index in [-0.39, 0.29) is 5.69 Å². The molecule has 0 atom stereocenters. The molecule has 4 rings (SSSR count). The molecule has 6 heteroatoms. The zero-order valence-electron chi connectivity index (χ0n) is 13.9. The molecule has 2 aromatic carbocycles.